The highest BCUT2D eigenvalue weighted by Crippen LogP contribution is 2.27. The van der Waals surface area contributed by atoms with E-state index in [1.165, 1.54) is 4.90 Å². The lowest BCUT2D eigenvalue weighted by molar-refractivity contribution is -0.136. The van der Waals surface area contributed by atoms with E-state index in [0.29, 0.717) is 12.1 Å². The van der Waals surface area contributed by atoms with Gasteiger partial charge in [0.1, 0.15) is 12.1 Å². The van der Waals surface area contributed by atoms with E-state index >= 15 is 0 Å². The molecule has 0 bridgehead atoms. The van der Waals surface area contributed by atoms with Crippen molar-refractivity contribution in [1.82, 2.24) is 20.1 Å². The van der Waals surface area contributed by atoms with Crippen molar-refractivity contribution in [2.75, 3.05) is 13.6 Å². The van der Waals surface area contributed by atoms with Gasteiger partial charge in [0.25, 0.3) is 5.91 Å². The standard InChI is InChI=1S/C36H36N4O4/c1-23-9-8-14-30-33(23)29(20-37-30)35(43)40-22-28(41)19-32(40)34(42)38-31(36(44)39(2)21-24-10-4-3-5-11-24)18-25-15-16-26-12-6-7-13-27(26)17-25/h3-17,20,28,31-32,37,41H,18-19,21-22H2,1-2H3,(H,38,42)/t28-,31+,32+/m1/s1. The van der Waals surface area contributed by atoms with E-state index in [1.807, 2.05) is 97.9 Å². The molecule has 0 aliphatic carbocycles. The van der Waals surface area contributed by atoms with Crippen molar-refractivity contribution in [3.8, 4) is 0 Å². The van der Waals surface area contributed by atoms with E-state index in [1.54, 1.807) is 18.1 Å². The number of aromatic amines is 1. The molecule has 2 heterocycles. The number of aliphatic hydroxyl groups excluding tert-OH is 1. The molecule has 0 saturated carbocycles. The third kappa shape index (κ3) is 5.94. The summed E-state index contributed by atoms with van der Waals surface area (Å²) in [5.74, 6) is -1.03. The van der Waals surface area contributed by atoms with Crippen LogP contribution in [0.4, 0.5) is 0 Å². The molecule has 44 heavy (non-hydrogen) atoms. The van der Waals surface area contributed by atoms with Gasteiger partial charge in [-0.25, -0.2) is 0 Å². The normalized spacial score (nSPS) is 17.1. The molecule has 0 unspecified atom stereocenters. The first kappa shape index (κ1) is 29.1. The molecule has 1 saturated heterocycles. The number of aryl methyl sites for hydroxylation is 1. The number of carbonyl (C=O) groups excluding carboxylic acids is 3. The molecule has 3 amide bonds. The molecule has 0 spiro atoms. The number of hydrogen-bond donors (Lipinski definition) is 3. The van der Waals surface area contributed by atoms with Crippen LogP contribution in [0.25, 0.3) is 21.7 Å². The zero-order valence-corrected chi connectivity index (χ0v) is 24.9. The smallest absolute Gasteiger partial charge is 0.256 e. The summed E-state index contributed by atoms with van der Waals surface area (Å²) < 4.78 is 0. The number of β-amino-alcohol motifs (C(OH)–C–C–N with tert-alkyl or cyclic N) is 1. The van der Waals surface area contributed by atoms with Crippen LogP contribution >= 0.6 is 0 Å². The highest BCUT2D eigenvalue weighted by molar-refractivity contribution is 6.09. The average molecular weight is 589 g/mol. The molecular formula is C36H36N4O4. The van der Waals surface area contributed by atoms with Crippen LogP contribution in [0.1, 0.15) is 33.5 Å². The highest BCUT2D eigenvalue weighted by atomic mass is 16.3. The van der Waals surface area contributed by atoms with Crippen LogP contribution in [0.15, 0.2) is 97.2 Å². The van der Waals surface area contributed by atoms with Crippen LogP contribution in [0.2, 0.25) is 0 Å². The Morgan fingerprint density at radius 2 is 1.70 bits per heavy atom. The van der Waals surface area contributed by atoms with Gasteiger partial charge in [0.15, 0.2) is 0 Å². The zero-order valence-electron chi connectivity index (χ0n) is 24.9. The number of aliphatic hydroxyl groups is 1. The minimum absolute atomic E-state index is 0.0344. The third-order valence-electron chi connectivity index (χ3n) is 8.49. The molecule has 1 aliphatic rings. The summed E-state index contributed by atoms with van der Waals surface area (Å²) in [6.45, 7) is 2.36. The Morgan fingerprint density at radius 3 is 2.50 bits per heavy atom. The summed E-state index contributed by atoms with van der Waals surface area (Å²) in [6.07, 6.45) is 1.18. The Labute approximate surface area is 256 Å². The van der Waals surface area contributed by atoms with Crippen LogP contribution in [0.5, 0.6) is 0 Å². The number of likely N-dealkylation sites (N-methyl/N-ethyl adjacent to an activating group) is 1. The zero-order chi connectivity index (χ0) is 30.8. The van der Waals surface area contributed by atoms with Crippen molar-refractivity contribution >= 4 is 39.4 Å². The van der Waals surface area contributed by atoms with Crippen molar-refractivity contribution < 1.29 is 19.5 Å². The van der Waals surface area contributed by atoms with Gasteiger partial charge in [0.2, 0.25) is 11.8 Å². The number of benzene rings is 4. The number of aromatic nitrogens is 1. The average Bonchev–Trinajstić information content (AvgIpc) is 3.65. The molecule has 5 aromatic rings. The number of nitrogens with one attached hydrogen (secondary N) is 2. The number of H-pyrrole nitrogens is 1. The van der Waals surface area contributed by atoms with Crippen LogP contribution in [-0.2, 0) is 22.6 Å². The van der Waals surface area contributed by atoms with Crippen LogP contribution in [0, 0.1) is 6.92 Å². The Balaban J connectivity index is 1.26. The van der Waals surface area contributed by atoms with E-state index in [-0.39, 0.29) is 31.2 Å². The molecule has 1 fully saturated rings. The fraction of sp³-hybridized carbons (Fsp3) is 0.250. The van der Waals surface area contributed by atoms with Gasteiger partial charge in [-0.05, 0) is 40.5 Å². The van der Waals surface area contributed by atoms with E-state index in [2.05, 4.69) is 10.3 Å². The van der Waals surface area contributed by atoms with E-state index in [9.17, 15) is 19.5 Å². The van der Waals surface area contributed by atoms with Crippen molar-refractivity contribution in [3.05, 3.63) is 119 Å². The molecule has 0 radical (unpaired) electrons. The van der Waals surface area contributed by atoms with Crippen molar-refractivity contribution in [2.45, 2.75) is 44.5 Å². The lowest BCUT2D eigenvalue weighted by Crippen LogP contribution is -2.54. The third-order valence-corrected chi connectivity index (χ3v) is 8.49. The molecule has 4 aromatic carbocycles. The fourth-order valence-electron chi connectivity index (χ4n) is 6.25. The summed E-state index contributed by atoms with van der Waals surface area (Å²) in [4.78, 5) is 47.8. The Bertz CT molecular complexity index is 1830. The number of nitrogens with zero attached hydrogens (tertiary/aromatic N) is 2. The molecule has 3 N–H and O–H groups in total. The first-order valence-electron chi connectivity index (χ1n) is 14.9. The molecule has 3 atom stereocenters. The molecule has 8 nitrogen and oxygen atoms in total. The highest BCUT2D eigenvalue weighted by Gasteiger charge is 2.41. The van der Waals surface area contributed by atoms with Crippen molar-refractivity contribution in [2.24, 2.45) is 0 Å². The quantitative estimate of drug-likeness (QED) is 0.247. The summed E-state index contributed by atoms with van der Waals surface area (Å²) >= 11 is 0. The van der Waals surface area contributed by atoms with Gasteiger partial charge in [0, 0.05) is 50.1 Å². The Morgan fingerprint density at radius 1 is 0.955 bits per heavy atom. The lowest BCUT2D eigenvalue weighted by Gasteiger charge is -2.28. The first-order chi connectivity index (χ1) is 21.3. The molecule has 1 aromatic heterocycles. The molecule has 224 valence electrons. The fourth-order valence-corrected chi connectivity index (χ4v) is 6.25. The van der Waals surface area contributed by atoms with Crippen LogP contribution in [-0.4, -0.2) is 69.4 Å². The monoisotopic (exact) mass is 588 g/mol. The van der Waals surface area contributed by atoms with E-state index in [4.69, 9.17) is 0 Å². The van der Waals surface area contributed by atoms with Gasteiger partial charge in [-0.1, -0.05) is 84.9 Å². The minimum atomic E-state index is -0.919. The SMILES string of the molecule is Cc1cccc2[nH]cc(C(=O)N3C[C@H](O)C[C@H]3C(=O)N[C@@H](Cc3ccc4ccccc4c3)C(=O)N(C)Cc3ccccc3)c12. The van der Waals surface area contributed by atoms with E-state index < -0.39 is 24.1 Å². The topological polar surface area (TPSA) is 106 Å². The van der Waals surface area contributed by atoms with Crippen LogP contribution in [0.3, 0.4) is 0 Å². The van der Waals surface area contributed by atoms with Crippen molar-refractivity contribution in [1.29, 1.82) is 0 Å². The van der Waals surface area contributed by atoms with Gasteiger partial charge >= 0.3 is 0 Å². The molecule has 1 aliphatic heterocycles. The summed E-state index contributed by atoms with van der Waals surface area (Å²) in [5.41, 5.74) is 4.11. The van der Waals surface area contributed by atoms with Gasteiger partial charge in [-0.15, -0.1) is 0 Å². The molecular weight excluding hydrogens is 552 g/mol. The van der Waals surface area contributed by atoms with Crippen LogP contribution < -0.4 is 5.32 Å². The van der Waals surface area contributed by atoms with Gasteiger partial charge in [0.05, 0.1) is 11.7 Å². The molecule has 6 rings (SSSR count). The maximum Gasteiger partial charge on any atom is 0.256 e. The first-order valence-corrected chi connectivity index (χ1v) is 14.9. The summed E-state index contributed by atoms with van der Waals surface area (Å²) in [6, 6.07) is 27.7. The maximum atomic E-state index is 13.9. The Hall–Kier alpha value is -4.95. The number of carbonyl (C=O) groups is 3. The molecule has 8 heteroatoms. The largest absolute Gasteiger partial charge is 0.391 e. The second kappa shape index (κ2) is 12.3. The van der Waals surface area contributed by atoms with E-state index in [0.717, 1.165) is 38.4 Å². The van der Waals surface area contributed by atoms with Gasteiger partial charge < -0.3 is 25.2 Å². The lowest BCUT2D eigenvalue weighted by atomic mass is 10.00. The Kier molecular flexibility index (Phi) is 8.17. The number of amides is 3. The predicted octanol–water partition coefficient (Wildman–Crippen LogP) is 4.59. The second-order valence-corrected chi connectivity index (χ2v) is 11.7. The number of likely N-dealkylation sites (tertiary alicyclic amines) is 1. The second-order valence-electron chi connectivity index (χ2n) is 11.7. The van der Waals surface area contributed by atoms with Gasteiger partial charge in [-0.3, -0.25) is 14.4 Å². The number of hydrogen-bond acceptors (Lipinski definition) is 4. The minimum Gasteiger partial charge on any atom is -0.391 e. The maximum absolute atomic E-state index is 13.9. The summed E-state index contributed by atoms with van der Waals surface area (Å²) in [7, 11) is 1.73. The van der Waals surface area contributed by atoms with Gasteiger partial charge in [-0.2, -0.15) is 0 Å². The number of rotatable bonds is 8. The van der Waals surface area contributed by atoms with Crippen molar-refractivity contribution in [3.63, 3.8) is 0 Å². The summed E-state index contributed by atoms with van der Waals surface area (Å²) in [5, 5.41) is 16.5. The number of fused-ring (bicyclic) bond motifs is 2. The predicted molar refractivity (Wildman–Crippen MR) is 171 cm³/mol.